The maximum absolute atomic E-state index is 10.8. The Morgan fingerprint density at radius 3 is 2.75 bits per heavy atom. The smallest absolute Gasteiger partial charge is 0.306 e. The first-order chi connectivity index (χ1) is 5.70. The van der Waals surface area contributed by atoms with Gasteiger partial charge in [0.25, 0.3) is 0 Å². The van der Waals surface area contributed by atoms with Gasteiger partial charge in [0.1, 0.15) is 6.61 Å². The average Bonchev–Trinajstić information content (AvgIpc) is 2.02. The van der Waals surface area contributed by atoms with Crippen molar-refractivity contribution in [2.24, 2.45) is 0 Å². The van der Waals surface area contributed by atoms with Gasteiger partial charge in [-0.15, -0.1) is 0 Å². The van der Waals surface area contributed by atoms with Crippen LogP contribution < -0.4 is 0 Å². The third-order valence-electron chi connectivity index (χ3n) is 1.25. The summed E-state index contributed by atoms with van der Waals surface area (Å²) in [6.45, 7) is 4.76. The standard InChI is InChI=1S/C8H16O3S/c1-3-10-7(2)6-11-8(9)4-5-12/h7,12H,3-6H2,1-2H3. The molecule has 0 heterocycles. The number of carbonyl (C=O) groups is 1. The summed E-state index contributed by atoms with van der Waals surface area (Å²) in [4.78, 5) is 10.8. The molecule has 3 nitrogen and oxygen atoms in total. The molecule has 0 radical (unpaired) electrons. The summed E-state index contributed by atoms with van der Waals surface area (Å²) >= 11 is 3.91. The van der Waals surface area contributed by atoms with Crippen molar-refractivity contribution in [3.63, 3.8) is 0 Å². The summed E-state index contributed by atoms with van der Waals surface area (Å²) in [7, 11) is 0. The normalized spacial score (nSPS) is 12.6. The van der Waals surface area contributed by atoms with E-state index in [1.54, 1.807) is 0 Å². The van der Waals surface area contributed by atoms with Crippen LogP contribution in [0.5, 0.6) is 0 Å². The molecule has 0 amide bonds. The van der Waals surface area contributed by atoms with Gasteiger partial charge in [-0.2, -0.15) is 12.6 Å². The Labute approximate surface area is 78.8 Å². The molecule has 0 aromatic heterocycles. The van der Waals surface area contributed by atoms with Crippen LogP contribution in [-0.4, -0.2) is 31.0 Å². The summed E-state index contributed by atoms with van der Waals surface area (Å²) in [5.74, 6) is 0.318. The molecule has 0 aliphatic carbocycles. The molecule has 12 heavy (non-hydrogen) atoms. The van der Waals surface area contributed by atoms with Crippen LogP contribution in [0.2, 0.25) is 0 Å². The van der Waals surface area contributed by atoms with Crippen LogP contribution >= 0.6 is 12.6 Å². The van der Waals surface area contributed by atoms with E-state index in [0.717, 1.165) is 0 Å². The minimum atomic E-state index is -0.212. The molecule has 0 fully saturated rings. The summed E-state index contributed by atoms with van der Waals surface area (Å²) in [5.41, 5.74) is 0. The highest BCUT2D eigenvalue weighted by molar-refractivity contribution is 7.80. The number of thiol groups is 1. The van der Waals surface area contributed by atoms with Crippen molar-refractivity contribution in [2.45, 2.75) is 26.4 Å². The van der Waals surface area contributed by atoms with E-state index in [1.807, 2.05) is 13.8 Å². The van der Waals surface area contributed by atoms with Crippen LogP contribution in [0, 0.1) is 0 Å². The monoisotopic (exact) mass is 192 g/mol. The van der Waals surface area contributed by atoms with Crippen molar-refractivity contribution >= 4 is 18.6 Å². The molecule has 0 N–H and O–H groups in total. The van der Waals surface area contributed by atoms with Crippen molar-refractivity contribution in [3.05, 3.63) is 0 Å². The Hall–Kier alpha value is -0.220. The number of esters is 1. The van der Waals surface area contributed by atoms with Gasteiger partial charge in [-0.1, -0.05) is 0 Å². The van der Waals surface area contributed by atoms with Crippen LogP contribution in [0.25, 0.3) is 0 Å². The summed E-state index contributed by atoms with van der Waals surface area (Å²) in [6.07, 6.45) is 0.348. The maximum atomic E-state index is 10.8. The van der Waals surface area contributed by atoms with Gasteiger partial charge in [-0.05, 0) is 13.8 Å². The van der Waals surface area contributed by atoms with Gasteiger partial charge in [0.2, 0.25) is 0 Å². The molecule has 0 aromatic carbocycles. The van der Waals surface area contributed by atoms with E-state index in [4.69, 9.17) is 9.47 Å². The topological polar surface area (TPSA) is 35.5 Å². The second kappa shape index (κ2) is 7.43. The lowest BCUT2D eigenvalue weighted by Gasteiger charge is -2.11. The molecule has 0 aliphatic rings. The molecule has 1 unspecified atom stereocenters. The zero-order valence-electron chi connectivity index (χ0n) is 7.58. The first kappa shape index (κ1) is 11.8. The van der Waals surface area contributed by atoms with Crippen molar-refractivity contribution in [1.82, 2.24) is 0 Å². The highest BCUT2D eigenvalue weighted by Gasteiger charge is 2.05. The zero-order chi connectivity index (χ0) is 9.40. The van der Waals surface area contributed by atoms with Gasteiger partial charge in [0.05, 0.1) is 12.5 Å². The van der Waals surface area contributed by atoms with E-state index in [1.165, 1.54) is 0 Å². The fraction of sp³-hybridized carbons (Fsp3) is 0.875. The fourth-order valence-corrected chi connectivity index (χ4v) is 0.889. The second-order valence-corrected chi connectivity index (χ2v) is 2.87. The Bertz CT molecular complexity index is 127. The van der Waals surface area contributed by atoms with E-state index >= 15 is 0 Å². The fourth-order valence-electron chi connectivity index (χ4n) is 0.706. The Morgan fingerprint density at radius 2 is 2.25 bits per heavy atom. The minimum Gasteiger partial charge on any atom is -0.463 e. The van der Waals surface area contributed by atoms with Crippen LogP contribution in [0.4, 0.5) is 0 Å². The molecular weight excluding hydrogens is 176 g/mol. The Balaban J connectivity index is 3.33. The lowest BCUT2D eigenvalue weighted by Crippen LogP contribution is -2.19. The third kappa shape index (κ3) is 6.49. The van der Waals surface area contributed by atoms with Crippen LogP contribution in [0.3, 0.4) is 0 Å². The van der Waals surface area contributed by atoms with Crippen LogP contribution in [-0.2, 0) is 14.3 Å². The van der Waals surface area contributed by atoms with Crippen molar-refractivity contribution in [2.75, 3.05) is 19.0 Å². The minimum absolute atomic E-state index is 0.0149. The molecule has 0 saturated heterocycles. The van der Waals surface area contributed by atoms with E-state index in [9.17, 15) is 4.79 Å². The first-order valence-electron chi connectivity index (χ1n) is 4.08. The van der Waals surface area contributed by atoms with Gasteiger partial charge in [-0.25, -0.2) is 0 Å². The summed E-state index contributed by atoms with van der Waals surface area (Å²) < 4.78 is 10.1. The van der Waals surface area contributed by atoms with Gasteiger partial charge in [0.15, 0.2) is 0 Å². The van der Waals surface area contributed by atoms with E-state index in [0.29, 0.717) is 25.4 Å². The molecule has 0 rings (SSSR count). The number of rotatable bonds is 6. The number of carbonyl (C=O) groups excluding carboxylic acids is 1. The molecule has 0 bridgehead atoms. The highest BCUT2D eigenvalue weighted by Crippen LogP contribution is 1.94. The second-order valence-electron chi connectivity index (χ2n) is 2.42. The maximum Gasteiger partial charge on any atom is 0.306 e. The number of hydrogen-bond acceptors (Lipinski definition) is 4. The number of ether oxygens (including phenoxy) is 2. The van der Waals surface area contributed by atoms with E-state index in [-0.39, 0.29) is 12.1 Å². The van der Waals surface area contributed by atoms with Gasteiger partial charge >= 0.3 is 5.97 Å². The van der Waals surface area contributed by atoms with Gasteiger partial charge in [-0.3, -0.25) is 4.79 Å². The zero-order valence-corrected chi connectivity index (χ0v) is 8.47. The lowest BCUT2D eigenvalue weighted by atomic mass is 10.4. The molecule has 72 valence electrons. The summed E-state index contributed by atoms with van der Waals surface area (Å²) in [5, 5.41) is 0. The van der Waals surface area contributed by atoms with Crippen molar-refractivity contribution < 1.29 is 14.3 Å². The lowest BCUT2D eigenvalue weighted by molar-refractivity contribution is -0.146. The van der Waals surface area contributed by atoms with Crippen LogP contribution in [0.15, 0.2) is 0 Å². The van der Waals surface area contributed by atoms with Crippen molar-refractivity contribution in [3.8, 4) is 0 Å². The van der Waals surface area contributed by atoms with Crippen LogP contribution in [0.1, 0.15) is 20.3 Å². The first-order valence-corrected chi connectivity index (χ1v) is 4.72. The molecule has 0 saturated carbocycles. The Kier molecular flexibility index (Phi) is 7.29. The third-order valence-corrected chi connectivity index (χ3v) is 1.47. The molecule has 4 heteroatoms. The molecular formula is C8H16O3S. The predicted octanol–water partition coefficient (Wildman–Crippen LogP) is 1.27. The number of hydrogen-bond donors (Lipinski definition) is 1. The highest BCUT2D eigenvalue weighted by atomic mass is 32.1. The van der Waals surface area contributed by atoms with Crippen molar-refractivity contribution in [1.29, 1.82) is 0 Å². The van der Waals surface area contributed by atoms with E-state index in [2.05, 4.69) is 12.6 Å². The largest absolute Gasteiger partial charge is 0.463 e. The molecule has 1 atom stereocenters. The summed E-state index contributed by atoms with van der Waals surface area (Å²) in [6, 6.07) is 0. The molecule has 0 aromatic rings. The molecule has 0 aliphatic heterocycles. The average molecular weight is 192 g/mol. The van der Waals surface area contributed by atoms with Gasteiger partial charge in [0, 0.05) is 12.4 Å². The Morgan fingerprint density at radius 1 is 1.58 bits per heavy atom. The SMILES string of the molecule is CCOC(C)COC(=O)CCS. The van der Waals surface area contributed by atoms with Gasteiger partial charge < -0.3 is 9.47 Å². The molecule has 0 spiro atoms. The quantitative estimate of drug-likeness (QED) is 0.508. The van der Waals surface area contributed by atoms with E-state index < -0.39 is 0 Å². The predicted molar refractivity (Wildman–Crippen MR) is 50.5 cm³/mol.